The van der Waals surface area contributed by atoms with Crippen LogP contribution in [0.1, 0.15) is 24.0 Å². The third kappa shape index (κ3) is 5.09. The highest BCUT2D eigenvalue weighted by Gasteiger charge is 2.27. The summed E-state index contributed by atoms with van der Waals surface area (Å²) in [6.45, 7) is 4.60. The summed E-state index contributed by atoms with van der Waals surface area (Å²) < 4.78 is 20.5. The van der Waals surface area contributed by atoms with Crippen molar-refractivity contribution in [1.82, 2.24) is 9.88 Å². The van der Waals surface area contributed by atoms with E-state index in [2.05, 4.69) is 16.9 Å². The van der Waals surface area contributed by atoms with Crippen LogP contribution < -0.4 is 10.1 Å². The number of ether oxygens (including phenoxy) is 1. The van der Waals surface area contributed by atoms with Gasteiger partial charge in [0.2, 0.25) is 5.91 Å². The first-order valence-corrected chi connectivity index (χ1v) is 10.8. The second kappa shape index (κ2) is 10.1. The molecule has 1 aliphatic rings. The molecule has 2 aromatic carbocycles. The highest BCUT2D eigenvalue weighted by molar-refractivity contribution is 6.13. The van der Waals surface area contributed by atoms with Gasteiger partial charge in [0.1, 0.15) is 11.5 Å². The maximum atomic E-state index is 14.7. The summed E-state index contributed by atoms with van der Waals surface area (Å²) in [5.41, 5.74) is 1.31. The lowest BCUT2D eigenvalue weighted by Gasteiger charge is -2.24. The molecule has 2 heterocycles. The van der Waals surface area contributed by atoms with Gasteiger partial charge < -0.3 is 15.0 Å². The van der Waals surface area contributed by atoms with Crippen molar-refractivity contribution >= 4 is 17.3 Å². The van der Waals surface area contributed by atoms with E-state index >= 15 is 0 Å². The van der Waals surface area contributed by atoms with Crippen molar-refractivity contribution in [1.29, 1.82) is 5.41 Å². The zero-order valence-electron chi connectivity index (χ0n) is 18.1. The molecule has 7 heteroatoms. The smallest absolute Gasteiger partial charge is 0.246 e. The number of carbonyl (C=O) groups is 1. The molecule has 1 fully saturated rings. The molecule has 0 spiro atoms. The topological polar surface area (TPSA) is 78.3 Å². The summed E-state index contributed by atoms with van der Waals surface area (Å²) in [7, 11) is 0. The van der Waals surface area contributed by atoms with E-state index < -0.39 is 5.82 Å². The summed E-state index contributed by atoms with van der Waals surface area (Å²) in [6, 6.07) is 16.4. The van der Waals surface area contributed by atoms with Crippen LogP contribution >= 0.6 is 0 Å². The molecule has 0 radical (unpaired) electrons. The molecule has 1 unspecified atom stereocenters. The molecular formula is C26H25FN4O2. The minimum Gasteiger partial charge on any atom is -0.457 e. The molecule has 168 valence electrons. The molecule has 2 N–H and O–H groups in total. The molecule has 33 heavy (non-hydrogen) atoms. The maximum absolute atomic E-state index is 14.7. The average molecular weight is 445 g/mol. The third-order valence-electron chi connectivity index (χ3n) is 5.64. The Kier molecular flexibility index (Phi) is 6.78. The van der Waals surface area contributed by atoms with Crippen LogP contribution in [-0.4, -0.2) is 40.6 Å². The number of pyridine rings is 1. The fourth-order valence-corrected chi connectivity index (χ4v) is 3.95. The van der Waals surface area contributed by atoms with Gasteiger partial charge >= 0.3 is 0 Å². The molecule has 0 saturated carbocycles. The van der Waals surface area contributed by atoms with Crippen LogP contribution in [0.2, 0.25) is 0 Å². The van der Waals surface area contributed by atoms with E-state index in [0.29, 0.717) is 30.0 Å². The van der Waals surface area contributed by atoms with E-state index in [4.69, 9.17) is 10.1 Å². The first kappa shape index (κ1) is 22.2. The van der Waals surface area contributed by atoms with Crippen molar-refractivity contribution in [3.8, 4) is 11.5 Å². The Morgan fingerprint density at radius 3 is 2.64 bits per heavy atom. The van der Waals surface area contributed by atoms with E-state index in [1.54, 1.807) is 29.2 Å². The largest absolute Gasteiger partial charge is 0.457 e. The Morgan fingerprint density at radius 2 is 1.91 bits per heavy atom. The molecule has 1 aliphatic heterocycles. The predicted molar refractivity (Wildman–Crippen MR) is 127 cm³/mol. The van der Waals surface area contributed by atoms with Crippen molar-refractivity contribution in [2.75, 3.05) is 18.4 Å². The number of nitrogens with zero attached hydrogens (tertiary/aromatic N) is 2. The average Bonchev–Trinajstić information content (AvgIpc) is 3.32. The molecule has 1 aromatic heterocycles. The van der Waals surface area contributed by atoms with Crippen molar-refractivity contribution in [3.63, 3.8) is 0 Å². The van der Waals surface area contributed by atoms with Crippen molar-refractivity contribution < 1.29 is 13.9 Å². The summed E-state index contributed by atoms with van der Waals surface area (Å²) in [6.07, 6.45) is 5.62. The molecule has 0 bridgehead atoms. The monoisotopic (exact) mass is 444 g/mol. The molecule has 6 nitrogen and oxygen atoms in total. The number of rotatable bonds is 8. The quantitative estimate of drug-likeness (QED) is 0.378. The molecule has 1 atom stereocenters. The SMILES string of the molecule is C=CC(=O)N1CCCC1CNc1c(F)cncc1C(=N)c1ccc(Oc2ccccc2)cc1. The molecule has 4 rings (SSSR count). The van der Waals surface area contributed by atoms with Gasteiger partial charge in [0.05, 0.1) is 17.6 Å². The van der Waals surface area contributed by atoms with Gasteiger partial charge in [-0.1, -0.05) is 24.8 Å². The Morgan fingerprint density at radius 1 is 1.18 bits per heavy atom. The van der Waals surface area contributed by atoms with Crippen LogP contribution in [0.15, 0.2) is 79.6 Å². The minimum atomic E-state index is -0.541. The van der Waals surface area contributed by atoms with Crippen LogP contribution in [0.5, 0.6) is 11.5 Å². The van der Waals surface area contributed by atoms with Crippen LogP contribution in [0.4, 0.5) is 10.1 Å². The Balaban J connectivity index is 1.50. The number of para-hydroxylation sites is 1. The first-order valence-electron chi connectivity index (χ1n) is 10.8. The standard InChI is InChI=1S/C26H25FN4O2/c1-2-24(32)31-14-6-7-19(31)15-30-26-22(16-29-17-23(26)27)25(28)18-10-12-21(13-11-18)33-20-8-4-3-5-9-20/h2-5,8-13,16-17,19,28H,1,6-7,14-15H2,(H,29,30). The number of likely N-dealkylation sites (tertiary alicyclic amines) is 1. The molecular weight excluding hydrogens is 419 g/mol. The van der Waals surface area contributed by atoms with Crippen LogP contribution in [0.3, 0.4) is 0 Å². The van der Waals surface area contributed by atoms with E-state index in [0.717, 1.165) is 24.8 Å². The summed E-state index contributed by atoms with van der Waals surface area (Å²) >= 11 is 0. The van der Waals surface area contributed by atoms with E-state index in [-0.39, 0.29) is 23.3 Å². The number of anilines is 1. The zero-order chi connectivity index (χ0) is 23.2. The van der Waals surface area contributed by atoms with Gasteiger partial charge in [0, 0.05) is 36.5 Å². The Labute approximate surface area is 192 Å². The van der Waals surface area contributed by atoms with E-state index in [1.807, 2.05) is 30.3 Å². The lowest BCUT2D eigenvalue weighted by atomic mass is 10.0. The highest BCUT2D eigenvalue weighted by Crippen LogP contribution is 2.26. The number of benzene rings is 2. The van der Waals surface area contributed by atoms with E-state index in [1.165, 1.54) is 12.3 Å². The highest BCUT2D eigenvalue weighted by atomic mass is 19.1. The molecule has 1 amide bonds. The second-order valence-electron chi connectivity index (χ2n) is 7.77. The second-order valence-corrected chi connectivity index (χ2v) is 7.77. The number of halogens is 1. The predicted octanol–water partition coefficient (Wildman–Crippen LogP) is 5.02. The minimum absolute atomic E-state index is 0.0560. The fraction of sp³-hybridized carbons (Fsp3) is 0.192. The fourth-order valence-electron chi connectivity index (χ4n) is 3.95. The summed E-state index contributed by atoms with van der Waals surface area (Å²) in [5.74, 6) is 0.694. The van der Waals surface area contributed by atoms with Crippen LogP contribution in [0.25, 0.3) is 0 Å². The lowest BCUT2D eigenvalue weighted by molar-refractivity contribution is -0.126. The number of hydrogen-bond donors (Lipinski definition) is 2. The van der Waals surface area contributed by atoms with Gasteiger partial charge in [-0.3, -0.25) is 15.2 Å². The van der Waals surface area contributed by atoms with Gasteiger partial charge in [-0.05, 0) is 55.3 Å². The van der Waals surface area contributed by atoms with Gasteiger partial charge in [-0.2, -0.15) is 0 Å². The number of amides is 1. The van der Waals surface area contributed by atoms with Crippen molar-refractivity contribution in [2.45, 2.75) is 18.9 Å². The molecule has 1 saturated heterocycles. The number of hydrogen-bond acceptors (Lipinski definition) is 5. The number of aromatic nitrogens is 1. The van der Waals surface area contributed by atoms with Gasteiger partial charge in [0.15, 0.2) is 5.82 Å². The third-order valence-corrected chi connectivity index (χ3v) is 5.64. The Bertz CT molecular complexity index is 1150. The zero-order valence-corrected chi connectivity index (χ0v) is 18.1. The number of carbonyl (C=O) groups excluding carboxylic acids is 1. The van der Waals surface area contributed by atoms with Gasteiger partial charge in [0.25, 0.3) is 0 Å². The van der Waals surface area contributed by atoms with Crippen molar-refractivity contribution in [3.05, 3.63) is 96.6 Å². The van der Waals surface area contributed by atoms with Crippen LogP contribution in [0, 0.1) is 11.2 Å². The number of nitrogens with one attached hydrogen (secondary N) is 2. The molecule has 0 aliphatic carbocycles. The first-order chi connectivity index (χ1) is 16.1. The summed E-state index contributed by atoms with van der Waals surface area (Å²) in [4.78, 5) is 17.7. The maximum Gasteiger partial charge on any atom is 0.246 e. The van der Waals surface area contributed by atoms with Gasteiger partial charge in [-0.25, -0.2) is 4.39 Å². The van der Waals surface area contributed by atoms with E-state index in [9.17, 15) is 9.18 Å². The lowest BCUT2D eigenvalue weighted by Crippen LogP contribution is -2.38. The Hall–Kier alpha value is -4.00. The van der Waals surface area contributed by atoms with Gasteiger partial charge in [-0.15, -0.1) is 0 Å². The summed E-state index contributed by atoms with van der Waals surface area (Å²) in [5, 5.41) is 11.8. The van der Waals surface area contributed by atoms with Crippen LogP contribution in [-0.2, 0) is 4.79 Å². The molecule has 3 aromatic rings. The van der Waals surface area contributed by atoms with Crippen molar-refractivity contribution in [2.24, 2.45) is 0 Å². The normalized spacial score (nSPS) is 15.2.